The number of carboxylic acids is 1. The minimum Gasteiger partial charge on any atom is -0.478 e. The van der Waals surface area contributed by atoms with Gasteiger partial charge >= 0.3 is 17.9 Å². The van der Waals surface area contributed by atoms with Gasteiger partial charge in [-0.1, -0.05) is 71.0 Å². The molecule has 0 amide bonds. The Balaban J connectivity index is 0.000000142. The number of carboxylic acid groups (broad SMARTS) is 1. The molecular weight excluding hydrogens is 757 g/mol. The summed E-state index contributed by atoms with van der Waals surface area (Å²) in [5, 5.41) is 19.0. The molecule has 0 unspecified atom stereocenters. The van der Waals surface area contributed by atoms with E-state index in [-0.39, 0.29) is 29.7 Å². The first-order chi connectivity index (χ1) is 28.6. The molecule has 3 saturated carbocycles. The first-order valence-electron chi connectivity index (χ1n) is 19.7. The van der Waals surface area contributed by atoms with Crippen molar-refractivity contribution < 1.29 is 47.6 Å². The number of carbonyl (C=O) groups excluding carboxylic acids is 4. The number of ether oxygens (including phenoxy) is 2. The Bertz CT molecular complexity index is 2480. The molecule has 59 heavy (non-hydrogen) atoms. The molecule has 9 rings (SSSR count). The van der Waals surface area contributed by atoms with Crippen LogP contribution >= 0.6 is 0 Å². The number of benzene rings is 2. The van der Waals surface area contributed by atoms with Crippen LogP contribution in [0.5, 0.6) is 0 Å². The molecule has 0 radical (unpaired) electrons. The highest BCUT2D eigenvalue weighted by Gasteiger charge is 2.33. The van der Waals surface area contributed by atoms with E-state index in [1.807, 2.05) is 54.6 Å². The number of nitrogens with zero attached hydrogens (tertiary/aromatic N) is 4. The van der Waals surface area contributed by atoms with Gasteiger partial charge in [0.2, 0.25) is 5.78 Å². The summed E-state index contributed by atoms with van der Waals surface area (Å²) in [6.45, 7) is 0. The number of methoxy groups -OCH3 is 2. The number of hydrogen-bond acceptors (Lipinski definition) is 13. The van der Waals surface area contributed by atoms with Crippen LogP contribution in [0.15, 0.2) is 81.8 Å². The van der Waals surface area contributed by atoms with Gasteiger partial charge in [0.05, 0.1) is 53.9 Å². The third-order valence-corrected chi connectivity index (χ3v) is 10.5. The van der Waals surface area contributed by atoms with Crippen LogP contribution in [0.3, 0.4) is 0 Å². The van der Waals surface area contributed by atoms with Crippen LogP contribution in [0, 0.1) is 5.92 Å². The molecule has 3 aliphatic rings. The summed E-state index contributed by atoms with van der Waals surface area (Å²) in [6.07, 6.45) is 8.67. The lowest BCUT2D eigenvalue weighted by Gasteiger charge is -2.05. The number of esters is 2. The minimum absolute atomic E-state index is 0.0265. The standard InChI is InChI=1S/C19H18N2O3.C18H16N2O3.C8H10O4/c1-23-19(22)14-11-16(13-8-9-13)20-18-17(14)15(21-24-18)10-7-12-5-3-2-4-6-12;21-18(22)13-10-15(12-7-8-12)19-17-16(13)14(20-23-17)9-6-11-4-2-1-3-5-11;1-12-8(11)7(10)4-6(9)5-2-3-5/h2-6,11,13H,7-10H2,1H3;1-5,10,12H,6-9H2,(H,21,22);5H,2-4H2,1H3. The second-order valence-corrected chi connectivity index (χ2v) is 15.0. The molecule has 14 nitrogen and oxygen atoms in total. The monoisotopic (exact) mass is 800 g/mol. The summed E-state index contributed by atoms with van der Waals surface area (Å²) in [7, 11) is 2.52. The summed E-state index contributed by atoms with van der Waals surface area (Å²) in [5.41, 5.74) is 7.06. The molecule has 0 aliphatic heterocycles. The highest BCUT2D eigenvalue weighted by Crippen LogP contribution is 2.41. The molecule has 0 saturated heterocycles. The smallest absolute Gasteiger partial charge is 0.374 e. The van der Waals surface area contributed by atoms with E-state index in [1.54, 1.807) is 6.07 Å². The van der Waals surface area contributed by atoms with Crippen molar-refractivity contribution in [3.8, 4) is 0 Å². The maximum Gasteiger partial charge on any atom is 0.374 e. The van der Waals surface area contributed by atoms with E-state index in [2.05, 4.69) is 37.2 Å². The third kappa shape index (κ3) is 10.3. The first-order valence-corrected chi connectivity index (χ1v) is 19.7. The first kappa shape index (κ1) is 40.6. The van der Waals surface area contributed by atoms with Gasteiger partial charge in [0.15, 0.2) is 0 Å². The van der Waals surface area contributed by atoms with Crippen molar-refractivity contribution in [1.82, 2.24) is 20.3 Å². The normalized spacial score (nSPS) is 14.4. The zero-order valence-electron chi connectivity index (χ0n) is 32.8. The Morgan fingerprint density at radius 1 is 0.644 bits per heavy atom. The molecular formula is C45H44N4O10. The molecule has 0 atom stereocenters. The molecule has 2 aromatic carbocycles. The number of hydrogen-bond donors (Lipinski definition) is 1. The lowest BCUT2D eigenvalue weighted by Crippen LogP contribution is -2.19. The molecule has 14 heteroatoms. The molecule has 1 N–H and O–H groups in total. The van der Waals surface area contributed by atoms with E-state index in [0.29, 0.717) is 58.1 Å². The van der Waals surface area contributed by atoms with Gasteiger partial charge in [-0.3, -0.25) is 9.59 Å². The highest BCUT2D eigenvalue weighted by atomic mass is 16.5. The fourth-order valence-corrected chi connectivity index (χ4v) is 6.73. The van der Waals surface area contributed by atoms with Crippen molar-refractivity contribution in [1.29, 1.82) is 0 Å². The third-order valence-electron chi connectivity index (χ3n) is 10.5. The van der Waals surface area contributed by atoms with Crippen molar-refractivity contribution in [2.24, 2.45) is 5.92 Å². The van der Waals surface area contributed by atoms with E-state index < -0.39 is 17.7 Å². The van der Waals surface area contributed by atoms with Gasteiger partial charge < -0.3 is 23.6 Å². The average Bonchev–Trinajstić information content (AvgIpc) is 4.15. The van der Waals surface area contributed by atoms with Crippen molar-refractivity contribution in [2.45, 2.75) is 82.5 Å². The SMILES string of the molecule is COC(=O)C(=O)CC(=O)C1CC1.COC(=O)c1cc(C2CC2)nc2onc(CCc3ccccc3)c12.O=C(O)c1cc(C2CC2)nc2onc(CCc3ccccc3)c12. The van der Waals surface area contributed by atoms with Crippen LogP contribution in [0.25, 0.3) is 22.2 Å². The fraction of sp³-hybridized carbons (Fsp3) is 0.356. The predicted molar refractivity (Wildman–Crippen MR) is 213 cm³/mol. The van der Waals surface area contributed by atoms with E-state index in [1.165, 1.54) is 18.2 Å². The lowest BCUT2D eigenvalue weighted by atomic mass is 10.0. The van der Waals surface area contributed by atoms with Gasteiger partial charge in [0.25, 0.3) is 11.4 Å². The summed E-state index contributed by atoms with van der Waals surface area (Å²) in [4.78, 5) is 65.3. The number of Topliss-reactive ketones (excluding diaryl/α,β-unsaturated/α-hetero) is 2. The van der Waals surface area contributed by atoms with Crippen LogP contribution < -0.4 is 0 Å². The van der Waals surface area contributed by atoms with Crippen LogP contribution in [0.4, 0.5) is 0 Å². The average molecular weight is 801 g/mol. The van der Waals surface area contributed by atoms with E-state index >= 15 is 0 Å². The zero-order chi connectivity index (χ0) is 41.5. The van der Waals surface area contributed by atoms with E-state index in [4.69, 9.17) is 13.8 Å². The molecule has 0 bridgehead atoms. The minimum atomic E-state index is -0.955. The molecule has 4 aromatic heterocycles. The molecule has 0 spiro atoms. The topological polar surface area (TPSA) is 202 Å². The second-order valence-electron chi connectivity index (χ2n) is 15.0. The maximum absolute atomic E-state index is 12.2. The van der Waals surface area contributed by atoms with E-state index in [9.17, 15) is 29.1 Å². The lowest BCUT2D eigenvalue weighted by molar-refractivity contribution is -0.152. The molecule has 3 fully saturated rings. The Kier molecular flexibility index (Phi) is 12.6. The van der Waals surface area contributed by atoms with Crippen LogP contribution in [-0.4, -0.2) is 69.1 Å². The highest BCUT2D eigenvalue weighted by molar-refractivity contribution is 6.37. The van der Waals surface area contributed by atoms with Crippen molar-refractivity contribution in [3.63, 3.8) is 0 Å². The molecule has 3 aliphatic carbocycles. The summed E-state index contributed by atoms with van der Waals surface area (Å²) in [5.74, 6) is -2.30. The summed E-state index contributed by atoms with van der Waals surface area (Å²) >= 11 is 0. The Labute approximate surface area is 339 Å². The van der Waals surface area contributed by atoms with Gasteiger partial charge in [-0.2, -0.15) is 0 Å². The van der Waals surface area contributed by atoms with Gasteiger partial charge in [0, 0.05) is 29.1 Å². The number of rotatable bonds is 14. The fourth-order valence-electron chi connectivity index (χ4n) is 6.73. The number of aromatic nitrogens is 4. The van der Waals surface area contributed by atoms with Gasteiger partial charge in [-0.05, 0) is 87.5 Å². The zero-order valence-corrected chi connectivity index (χ0v) is 32.8. The quantitative estimate of drug-likeness (QED) is 0.0650. The Morgan fingerprint density at radius 2 is 1.12 bits per heavy atom. The number of carbonyl (C=O) groups is 5. The molecule has 4 heterocycles. The predicted octanol–water partition coefficient (Wildman–Crippen LogP) is 7.35. The van der Waals surface area contributed by atoms with Gasteiger partial charge in [-0.25, -0.2) is 24.4 Å². The second kappa shape index (κ2) is 18.3. The van der Waals surface area contributed by atoms with E-state index in [0.717, 1.165) is 75.6 Å². The Morgan fingerprint density at radius 3 is 1.54 bits per heavy atom. The maximum atomic E-state index is 12.2. The number of aryl methyl sites for hydroxylation is 4. The van der Waals surface area contributed by atoms with Gasteiger partial charge in [-0.15, -0.1) is 0 Å². The molecule has 6 aromatic rings. The van der Waals surface area contributed by atoms with Gasteiger partial charge in [0.1, 0.15) is 5.78 Å². The van der Waals surface area contributed by atoms with Crippen molar-refractivity contribution >= 4 is 51.7 Å². The summed E-state index contributed by atoms with van der Waals surface area (Å²) in [6, 6.07) is 23.7. The Hall–Kier alpha value is -6.57. The van der Waals surface area contributed by atoms with Crippen LogP contribution in [-0.2, 0) is 49.5 Å². The van der Waals surface area contributed by atoms with Crippen molar-refractivity contribution in [3.05, 3.63) is 118 Å². The number of aromatic carboxylic acids is 1. The summed E-state index contributed by atoms with van der Waals surface area (Å²) < 4.78 is 19.9. The van der Waals surface area contributed by atoms with Crippen LogP contribution in [0.2, 0.25) is 0 Å². The molecule has 304 valence electrons. The number of pyridine rings is 2. The number of ketones is 2. The number of fused-ring (bicyclic) bond motifs is 2. The van der Waals surface area contributed by atoms with Crippen LogP contribution in [0.1, 0.15) is 111 Å². The van der Waals surface area contributed by atoms with Crippen molar-refractivity contribution in [2.75, 3.05) is 14.2 Å². The largest absolute Gasteiger partial charge is 0.478 e.